The molecule has 0 amide bonds. The minimum atomic E-state index is 0.797. The number of fused-ring (bicyclic) bond motifs is 1. The van der Waals surface area contributed by atoms with Gasteiger partial charge in [0.2, 0.25) is 0 Å². The first-order chi connectivity index (χ1) is 9.26. The van der Waals surface area contributed by atoms with Crippen molar-refractivity contribution in [3.05, 3.63) is 47.0 Å². The molecule has 2 aliphatic carbocycles. The van der Waals surface area contributed by atoms with Crippen LogP contribution in [0.25, 0.3) is 0 Å². The van der Waals surface area contributed by atoms with Gasteiger partial charge in [-0.1, -0.05) is 34.1 Å². The first-order valence-corrected chi connectivity index (χ1v) is 8.43. The van der Waals surface area contributed by atoms with E-state index in [1.165, 1.54) is 43.0 Å². The Balaban J connectivity index is 1.66. The quantitative estimate of drug-likeness (QED) is 0.592. The molecule has 102 valence electrons. The summed E-state index contributed by atoms with van der Waals surface area (Å²) in [5, 5.41) is 0. The molecule has 2 unspecified atom stereocenters. The molecule has 0 aromatic heterocycles. The molecule has 19 heavy (non-hydrogen) atoms. The topological polar surface area (TPSA) is 0 Å². The standard InChI is InChI=1S/C18H23Br/c1-2-13-3-4-17-12-16(6-5-15(17)11-13)14-7-9-18(19)10-8-14/h2,7-10,13,15-17H,1,3-6,11-12H2/t13?,15-,16-,17?/m1/s1. The Morgan fingerprint density at radius 2 is 1.63 bits per heavy atom. The Bertz CT molecular complexity index is 434. The average Bonchev–Trinajstić information content (AvgIpc) is 2.47. The highest BCUT2D eigenvalue weighted by Crippen LogP contribution is 2.47. The summed E-state index contributed by atoms with van der Waals surface area (Å²) in [7, 11) is 0. The monoisotopic (exact) mass is 318 g/mol. The van der Waals surface area contributed by atoms with Crippen molar-refractivity contribution in [1.82, 2.24) is 0 Å². The third-order valence-electron chi connectivity index (χ3n) is 5.33. The van der Waals surface area contributed by atoms with Crippen LogP contribution in [-0.2, 0) is 0 Å². The zero-order valence-corrected chi connectivity index (χ0v) is 13.1. The molecule has 0 radical (unpaired) electrons. The van der Waals surface area contributed by atoms with Gasteiger partial charge in [-0.3, -0.25) is 0 Å². The zero-order chi connectivity index (χ0) is 13.2. The van der Waals surface area contributed by atoms with Gasteiger partial charge in [0.05, 0.1) is 0 Å². The van der Waals surface area contributed by atoms with Crippen LogP contribution < -0.4 is 0 Å². The van der Waals surface area contributed by atoms with Crippen LogP contribution in [0.3, 0.4) is 0 Å². The SMILES string of the molecule is C=CC1CCC2C[C@H](c3ccc(Br)cc3)CC[C@@H]2C1. The van der Waals surface area contributed by atoms with Gasteiger partial charge in [-0.2, -0.15) is 0 Å². The fourth-order valence-electron chi connectivity index (χ4n) is 4.18. The van der Waals surface area contributed by atoms with E-state index in [0.717, 1.165) is 23.7 Å². The van der Waals surface area contributed by atoms with Gasteiger partial charge in [0.1, 0.15) is 0 Å². The van der Waals surface area contributed by atoms with Crippen molar-refractivity contribution in [2.75, 3.05) is 0 Å². The van der Waals surface area contributed by atoms with Crippen LogP contribution in [0.4, 0.5) is 0 Å². The van der Waals surface area contributed by atoms with E-state index in [0.29, 0.717) is 0 Å². The molecule has 0 spiro atoms. The lowest BCUT2D eigenvalue weighted by atomic mass is 9.64. The predicted octanol–water partition coefficient (Wildman–Crippen LogP) is 5.94. The Kier molecular flexibility index (Phi) is 4.12. The number of rotatable bonds is 2. The number of halogens is 1. The molecular weight excluding hydrogens is 296 g/mol. The van der Waals surface area contributed by atoms with Crippen molar-refractivity contribution in [2.24, 2.45) is 17.8 Å². The van der Waals surface area contributed by atoms with E-state index in [2.05, 4.69) is 52.9 Å². The predicted molar refractivity (Wildman–Crippen MR) is 85.3 cm³/mol. The second-order valence-corrected chi connectivity index (χ2v) is 7.31. The van der Waals surface area contributed by atoms with Crippen molar-refractivity contribution >= 4 is 15.9 Å². The molecule has 0 N–H and O–H groups in total. The summed E-state index contributed by atoms with van der Waals surface area (Å²) >= 11 is 3.53. The third kappa shape index (κ3) is 2.97. The summed E-state index contributed by atoms with van der Waals surface area (Å²) in [4.78, 5) is 0. The molecular formula is C18H23Br. The van der Waals surface area contributed by atoms with Crippen molar-refractivity contribution in [2.45, 2.75) is 44.4 Å². The summed E-state index contributed by atoms with van der Waals surface area (Å²) < 4.78 is 1.19. The first-order valence-electron chi connectivity index (χ1n) is 7.64. The Morgan fingerprint density at radius 3 is 2.37 bits per heavy atom. The van der Waals surface area contributed by atoms with Crippen LogP contribution in [0, 0.1) is 17.8 Å². The second kappa shape index (κ2) is 5.83. The summed E-state index contributed by atoms with van der Waals surface area (Å²) in [5.74, 6) is 3.54. The Labute approximate surface area is 125 Å². The van der Waals surface area contributed by atoms with Gasteiger partial charge >= 0.3 is 0 Å². The molecule has 0 heterocycles. The van der Waals surface area contributed by atoms with Crippen LogP contribution in [0.15, 0.2) is 41.4 Å². The largest absolute Gasteiger partial charge is 0.103 e. The summed E-state index contributed by atoms with van der Waals surface area (Å²) in [6.45, 7) is 3.99. The number of hydrogen-bond acceptors (Lipinski definition) is 0. The highest BCUT2D eigenvalue weighted by molar-refractivity contribution is 9.10. The highest BCUT2D eigenvalue weighted by Gasteiger charge is 2.35. The lowest BCUT2D eigenvalue weighted by Crippen LogP contribution is -2.29. The maximum absolute atomic E-state index is 3.99. The summed E-state index contributed by atoms with van der Waals surface area (Å²) in [6.07, 6.45) is 10.6. The number of hydrogen-bond donors (Lipinski definition) is 0. The molecule has 3 rings (SSSR count). The van der Waals surface area contributed by atoms with Crippen LogP contribution >= 0.6 is 15.9 Å². The zero-order valence-electron chi connectivity index (χ0n) is 11.5. The average molecular weight is 319 g/mol. The molecule has 0 saturated heterocycles. The first kappa shape index (κ1) is 13.4. The van der Waals surface area contributed by atoms with E-state index >= 15 is 0 Å². The lowest BCUT2D eigenvalue weighted by molar-refractivity contribution is 0.133. The minimum Gasteiger partial charge on any atom is -0.103 e. The van der Waals surface area contributed by atoms with Gasteiger partial charge in [0, 0.05) is 4.47 Å². The van der Waals surface area contributed by atoms with Crippen LogP contribution in [0.5, 0.6) is 0 Å². The molecule has 0 nitrogen and oxygen atoms in total. The van der Waals surface area contributed by atoms with Crippen LogP contribution in [0.2, 0.25) is 0 Å². The van der Waals surface area contributed by atoms with Gasteiger partial charge in [-0.15, -0.1) is 6.58 Å². The van der Waals surface area contributed by atoms with Crippen LogP contribution in [0.1, 0.15) is 50.0 Å². The smallest absolute Gasteiger partial charge is 0.0175 e. The fraction of sp³-hybridized carbons (Fsp3) is 0.556. The van der Waals surface area contributed by atoms with Gasteiger partial charge in [0.25, 0.3) is 0 Å². The van der Waals surface area contributed by atoms with Crippen LogP contribution in [-0.4, -0.2) is 0 Å². The number of allylic oxidation sites excluding steroid dienone is 1. The van der Waals surface area contributed by atoms with Crippen molar-refractivity contribution in [3.63, 3.8) is 0 Å². The minimum absolute atomic E-state index is 0.797. The molecule has 2 aliphatic rings. The van der Waals surface area contributed by atoms with Crippen molar-refractivity contribution < 1.29 is 0 Å². The molecule has 0 bridgehead atoms. The molecule has 0 aliphatic heterocycles. The molecule has 4 atom stereocenters. The molecule has 1 aromatic carbocycles. The Hall–Kier alpha value is -0.560. The molecule has 2 saturated carbocycles. The van der Waals surface area contributed by atoms with E-state index < -0.39 is 0 Å². The second-order valence-electron chi connectivity index (χ2n) is 6.39. The van der Waals surface area contributed by atoms with E-state index in [-0.39, 0.29) is 0 Å². The maximum Gasteiger partial charge on any atom is 0.0175 e. The van der Waals surface area contributed by atoms with Crippen molar-refractivity contribution in [1.29, 1.82) is 0 Å². The lowest BCUT2D eigenvalue weighted by Gasteiger charge is -2.41. The summed E-state index contributed by atoms with van der Waals surface area (Å²) in [5.41, 5.74) is 1.55. The van der Waals surface area contributed by atoms with E-state index in [4.69, 9.17) is 0 Å². The van der Waals surface area contributed by atoms with E-state index in [1.807, 2.05) is 0 Å². The normalized spacial score (nSPS) is 34.6. The van der Waals surface area contributed by atoms with Gasteiger partial charge in [0.15, 0.2) is 0 Å². The maximum atomic E-state index is 3.99. The molecule has 2 fully saturated rings. The third-order valence-corrected chi connectivity index (χ3v) is 5.86. The Morgan fingerprint density at radius 1 is 0.947 bits per heavy atom. The van der Waals surface area contributed by atoms with Gasteiger partial charge in [-0.05, 0) is 79.9 Å². The molecule has 1 heteroatoms. The number of benzene rings is 1. The van der Waals surface area contributed by atoms with Crippen molar-refractivity contribution in [3.8, 4) is 0 Å². The van der Waals surface area contributed by atoms with E-state index in [9.17, 15) is 0 Å². The summed E-state index contributed by atoms with van der Waals surface area (Å²) in [6, 6.07) is 9.00. The molecule has 1 aromatic rings. The van der Waals surface area contributed by atoms with E-state index in [1.54, 1.807) is 5.56 Å². The van der Waals surface area contributed by atoms with Gasteiger partial charge < -0.3 is 0 Å². The fourth-order valence-corrected chi connectivity index (χ4v) is 4.44. The highest BCUT2D eigenvalue weighted by atomic mass is 79.9. The van der Waals surface area contributed by atoms with Gasteiger partial charge in [-0.25, -0.2) is 0 Å².